The van der Waals surface area contributed by atoms with Gasteiger partial charge in [-0.1, -0.05) is 24.3 Å². The molecule has 0 radical (unpaired) electrons. The zero-order valence-electron chi connectivity index (χ0n) is 10.2. The van der Waals surface area contributed by atoms with E-state index in [0.29, 0.717) is 22.3 Å². The molecule has 1 aromatic rings. The van der Waals surface area contributed by atoms with Gasteiger partial charge in [0.15, 0.2) is 11.6 Å². The Bertz CT molecular complexity index is 698. The second-order valence-corrected chi connectivity index (χ2v) is 4.76. The normalized spacial score (nSPS) is 30.9. The fraction of sp³-hybridized carbons (Fsp3) is 0.200. The van der Waals surface area contributed by atoms with E-state index in [9.17, 15) is 9.59 Å². The highest BCUT2D eigenvalue weighted by Gasteiger charge is 2.56. The van der Waals surface area contributed by atoms with Crippen molar-refractivity contribution >= 4 is 11.6 Å². The van der Waals surface area contributed by atoms with E-state index in [1.165, 1.54) is 7.11 Å². The van der Waals surface area contributed by atoms with Gasteiger partial charge in [-0.15, -0.1) is 0 Å². The van der Waals surface area contributed by atoms with Crippen molar-refractivity contribution < 1.29 is 19.1 Å². The first-order valence-electron chi connectivity index (χ1n) is 6.03. The molecule has 0 saturated carbocycles. The monoisotopic (exact) mass is 254 g/mol. The van der Waals surface area contributed by atoms with Crippen LogP contribution in [0.3, 0.4) is 0 Å². The van der Waals surface area contributed by atoms with Crippen LogP contribution in [-0.4, -0.2) is 30.6 Å². The van der Waals surface area contributed by atoms with Gasteiger partial charge in [-0.25, -0.2) is 0 Å². The smallest absolute Gasteiger partial charge is 0.220 e. The number of carbonyl (C=O) groups is 2. The number of ketones is 2. The summed E-state index contributed by atoms with van der Waals surface area (Å²) >= 11 is 0. The Hall–Kier alpha value is -2.04. The summed E-state index contributed by atoms with van der Waals surface area (Å²) in [6.07, 6.45) is 3.00. The highest BCUT2D eigenvalue weighted by molar-refractivity contribution is 6.28. The third kappa shape index (κ3) is 1.11. The molecular weight excluding hydrogens is 244 g/mol. The zero-order chi connectivity index (χ0) is 13.2. The van der Waals surface area contributed by atoms with Gasteiger partial charge in [-0.05, 0) is 12.2 Å². The van der Waals surface area contributed by atoms with E-state index in [1.807, 2.05) is 0 Å². The van der Waals surface area contributed by atoms with Crippen LogP contribution in [0.2, 0.25) is 0 Å². The van der Waals surface area contributed by atoms with Crippen molar-refractivity contribution in [2.45, 2.75) is 11.9 Å². The van der Waals surface area contributed by atoms with E-state index in [1.54, 1.807) is 36.4 Å². The van der Waals surface area contributed by atoms with Crippen LogP contribution < -0.4 is 0 Å². The molecule has 4 rings (SSSR count). The molecule has 0 fully saturated rings. The average Bonchev–Trinajstić information content (AvgIpc) is 3.01. The van der Waals surface area contributed by atoms with E-state index in [-0.39, 0.29) is 11.6 Å². The zero-order valence-corrected chi connectivity index (χ0v) is 10.2. The lowest BCUT2D eigenvalue weighted by atomic mass is 9.78. The Labute approximate surface area is 109 Å². The maximum absolute atomic E-state index is 12.6. The fourth-order valence-corrected chi connectivity index (χ4v) is 3.01. The van der Waals surface area contributed by atoms with Crippen molar-refractivity contribution in [1.29, 1.82) is 0 Å². The Morgan fingerprint density at radius 2 is 1.84 bits per heavy atom. The molecule has 0 spiro atoms. The summed E-state index contributed by atoms with van der Waals surface area (Å²) < 4.78 is 11.0. The van der Waals surface area contributed by atoms with E-state index in [4.69, 9.17) is 9.47 Å². The molecule has 4 heteroatoms. The molecule has 0 amide bonds. The minimum absolute atomic E-state index is 0.140. The summed E-state index contributed by atoms with van der Waals surface area (Å²) in [7, 11) is 1.47. The van der Waals surface area contributed by atoms with Gasteiger partial charge in [-0.3, -0.25) is 9.59 Å². The lowest BCUT2D eigenvalue weighted by Gasteiger charge is -2.26. The molecule has 1 aliphatic carbocycles. The van der Waals surface area contributed by atoms with E-state index < -0.39 is 11.9 Å². The van der Waals surface area contributed by atoms with E-state index in [2.05, 4.69) is 0 Å². The lowest BCUT2D eigenvalue weighted by molar-refractivity contribution is -0.141. The number of fused-ring (bicyclic) bond motifs is 5. The minimum Gasteiger partial charge on any atom is -0.346 e. The predicted octanol–water partition coefficient (Wildman–Crippen LogP) is 1.67. The molecule has 2 unspecified atom stereocenters. The van der Waals surface area contributed by atoms with Crippen LogP contribution in [0, 0.1) is 0 Å². The van der Waals surface area contributed by atoms with Crippen molar-refractivity contribution in [3.63, 3.8) is 0 Å². The van der Waals surface area contributed by atoms with Crippen molar-refractivity contribution in [3.8, 4) is 0 Å². The number of Topliss-reactive ketones (excluding diaryl/α,β-unsaturated/α-hetero) is 2. The molecule has 2 aliphatic heterocycles. The molecule has 0 aromatic heterocycles. The quantitative estimate of drug-likeness (QED) is 0.715. The summed E-state index contributed by atoms with van der Waals surface area (Å²) in [4.78, 5) is 25.1. The van der Waals surface area contributed by atoms with Gasteiger partial charge in [-0.2, -0.15) is 0 Å². The SMILES string of the molecule is COC12C=CC(O1)C1=C2C(=O)c2ccccc2C1=O. The van der Waals surface area contributed by atoms with Crippen LogP contribution in [0.25, 0.3) is 0 Å². The van der Waals surface area contributed by atoms with Crippen molar-refractivity contribution in [2.75, 3.05) is 7.11 Å². The number of hydrogen-bond donors (Lipinski definition) is 0. The number of benzene rings is 1. The first kappa shape index (κ1) is 10.8. The molecule has 2 heterocycles. The van der Waals surface area contributed by atoms with Gasteiger partial charge < -0.3 is 9.47 Å². The first-order valence-corrected chi connectivity index (χ1v) is 6.03. The maximum Gasteiger partial charge on any atom is 0.220 e. The largest absolute Gasteiger partial charge is 0.346 e. The third-order valence-electron chi connectivity index (χ3n) is 3.89. The van der Waals surface area contributed by atoms with E-state index >= 15 is 0 Å². The molecule has 2 bridgehead atoms. The van der Waals surface area contributed by atoms with Gasteiger partial charge in [0.1, 0.15) is 6.10 Å². The van der Waals surface area contributed by atoms with Crippen molar-refractivity contribution in [3.05, 3.63) is 58.7 Å². The molecule has 19 heavy (non-hydrogen) atoms. The van der Waals surface area contributed by atoms with Gasteiger partial charge in [0.2, 0.25) is 5.79 Å². The van der Waals surface area contributed by atoms with Gasteiger partial charge in [0.05, 0.1) is 5.57 Å². The fourth-order valence-electron chi connectivity index (χ4n) is 3.01. The summed E-state index contributed by atoms with van der Waals surface area (Å²) in [6, 6.07) is 6.84. The summed E-state index contributed by atoms with van der Waals surface area (Å²) in [5.74, 6) is -1.50. The third-order valence-corrected chi connectivity index (χ3v) is 3.89. The minimum atomic E-state index is -1.18. The van der Waals surface area contributed by atoms with E-state index in [0.717, 1.165) is 0 Å². The topological polar surface area (TPSA) is 52.6 Å². The summed E-state index contributed by atoms with van der Waals surface area (Å²) in [5, 5.41) is 0. The summed E-state index contributed by atoms with van der Waals surface area (Å²) in [5.41, 5.74) is 1.63. The molecule has 1 aromatic carbocycles. The Kier molecular flexibility index (Phi) is 1.88. The van der Waals surface area contributed by atoms with Crippen LogP contribution >= 0.6 is 0 Å². The molecule has 4 nitrogen and oxygen atoms in total. The Balaban J connectivity index is 2.00. The second kappa shape index (κ2) is 3.29. The molecule has 3 aliphatic rings. The van der Waals surface area contributed by atoms with Crippen LogP contribution in [-0.2, 0) is 9.47 Å². The molecule has 2 atom stereocenters. The lowest BCUT2D eigenvalue weighted by Crippen LogP contribution is -2.36. The number of ether oxygens (including phenoxy) is 2. The molecule has 94 valence electrons. The van der Waals surface area contributed by atoms with Crippen molar-refractivity contribution in [1.82, 2.24) is 0 Å². The maximum atomic E-state index is 12.6. The summed E-state index contributed by atoms with van der Waals surface area (Å²) in [6.45, 7) is 0. The highest BCUT2D eigenvalue weighted by atomic mass is 16.7. The number of rotatable bonds is 1. The van der Waals surface area contributed by atoms with Crippen LogP contribution in [0.5, 0.6) is 0 Å². The number of carbonyl (C=O) groups excluding carboxylic acids is 2. The standard InChI is InChI=1S/C15H10O4/c1-18-15-7-6-10(19-15)11-12(15)14(17)9-5-3-2-4-8(9)13(11)16/h2-7,10H,1H3. The number of methoxy groups -OCH3 is 1. The van der Waals surface area contributed by atoms with Crippen LogP contribution in [0.15, 0.2) is 47.6 Å². The average molecular weight is 254 g/mol. The highest BCUT2D eigenvalue weighted by Crippen LogP contribution is 2.48. The predicted molar refractivity (Wildman–Crippen MR) is 65.9 cm³/mol. The molecular formula is C15H10O4. The number of hydrogen-bond acceptors (Lipinski definition) is 4. The Morgan fingerprint density at radius 3 is 2.53 bits per heavy atom. The van der Waals surface area contributed by atoms with Crippen LogP contribution in [0.1, 0.15) is 20.7 Å². The second-order valence-electron chi connectivity index (χ2n) is 4.76. The Morgan fingerprint density at radius 1 is 1.16 bits per heavy atom. The van der Waals surface area contributed by atoms with Gasteiger partial charge >= 0.3 is 0 Å². The molecule has 0 N–H and O–H groups in total. The molecule has 0 saturated heterocycles. The van der Waals surface area contributed by atoms with Crippen molar-refractivity contribution in [2.24, 2.45) is 0 Å². The van der Waals surface area contributed by atoms with Gasteiger partial charge in [0.25, 0.3) is 0 Å². The van der Waals surface area contributed by atoms with Gasteiger partial charge in [0, 0.05) is 23.8 Å². The van der Waals surface area contributed by atoms with Crippen LogP contribution in [0.4, 0.5) is 0 Å². The first-order chi connectivity index (χ1) is 9.18.